The summed E-state index contributed by atoms with van der Waals surface area (Å²) in [5.74, 6) is -3.11. The number of hydrogen-bond donors (Lipinski definition) is 1. The zero-order valence-electron chi connectivity index (χ0n) is 15.7. The molecule has 2 bridgehead atoms. The van der Waals surface area contributed by atoms with Crippen LogP contribution in [0.3, 0.4) is 0 Å². The Kier molecular flexibility index (Phi) is 4.84. The van der Waals surface area contributed by atoms with Gasteiger partial charge in [-0.15, -0.1) is 0 Å². The highest BCUT2D eigenvalue weighted by atomic mass is 16.6. The van der Waals surface area contributed by atoms with Crippen molar-refractivity contribution in [3.8, 4) is 0 Å². The Labute approximate surface area is 153 Å². The maximum Gasteiger partial charge on any atom is 0.334 e. The molecule has 3 heterocycles. The van der Waals surface area contributed by atoms with Crippen LogP contribution in [0.15, 0.2) is 35.5 Å². The lowest BCUT2D eigenvalue weighted by Gasteiger charge is -2.32. The summed E-state index contributed by atoms with van der Waals surface area (Å²) < 4.78 is 17.1. The standard InChI is InChI=1S/C20H26O6/c1-6-10(2)18(21)24-15-7-12(4)20(23)9-11(3)14(26-20)8-16-17(15)13(5)19(22)25-16/h6,9,12,14-17,23H,5,7-8H2,1-4H3. The van der Waals surface area contributed by atoms with Gasteiger partial charge in [-0.2, -0.15) is 0 Å². The van der Waals surface area contributed by atoms with Crippen molar-refractivity contribution in [1.29, 1.82) is 0 Å². The van der Waals surface area contributed by atoms with Crippen molar-refractivity contribution in [1.82, 2.24) is 0 Å². The molecule has 0 spiro atoms. The molecule has 2 fully saturated rings. The van der Waals surface area contributed by atoms with Crippen molar-refractivity contribution in [2.45, 2.75) is 64.6 Å². The molecule has 3 aliphatic rings. The number of esters is 2. The van der Waals surface area contributed by atoms with E-state index in [9.17, 15) is 14.7 Å². The summed E-state index contributed by atoms with van der Waals surface area (Å²) in [6.45, 7) is 11.0. The minimum Gasteiger partial charge on any atom is -0.458 e. The molecule has 3 rings (SSSR count). The molecule has 0 aromatic heterocycles. The normalized spacial score (nSPS) is 40.1. The van der Waals surface area contributed by atoms with Crippen LogP contribution < -0.4 is 0 Å². The van der Waals surface area contributed by atoms with Gasteiger partial charge in [0.15, 0.2) is 5.79 Å². The van der Waals surface area contributed by atoms with Gasteiger partial charge in [-0.05, 0) is 38.8 Å². The molecule has 3 aliphatic heterocycles. The van der Waals surface area contributed by atoms with Gasteiger partial charge in [-0.25, -0.2) is 9.59 Å². The average molecular weight is 362 g/mol. The topological polar surface area (TPSA) is 82.1 Å². The van der Waals surface area contributed by atoms with Crippen LogP contribution in [0.1, 0.15) is 40.5 Å². The summed E-state index contributed by atoms with van der Waals surface area (Å²) in [7, 11) is 0. The fraction of sp³-hybridized carbons (Fsp3) is 0.600. The van der Waals surface area contributed by atoms with Crippen molar-refractivity contribution in [2.24, 2.45) is 11.8 Å². The first-order valence-corrected chi connectivity index (χ1v) is 8.99. The highest BCUT2D eigenvalue weighted by molar-refractivity contribution is 5.91. The molecule has 6 heteroatoms. The Hall–Kier alpha value is -1.92. The van der Waals surface area contributed by atoms with Crippen LogP contribution in [0, 0.1) is 11.8 Å². The SMILES string of the molecule is C=C1C(=O)OC2CC3OC(O)(C=C3C)C(C)CC(OC(=O)C(C)=CC)C12. The van der Waals surface area contributed by atoms with Crippen molar-refractivity contribution in [2.75, 3.05) is 0 Å². The summed E-state index contributed by atoms with van der Waals surface area (Å²) in [6, 6.07) is 0. The van der Waals surface area contributed by atoms with E-state index in [-0.39, 0.29) is 12.0 Å². The Bertz CT molecular complexity index is 705. The fourth-order valence-corrected chi connectivity index (χ4v) is 3.92. The zero-order valence-corrected chi connectivity index (χ0v) is 15.7. The van der Waals surface area contributed by atoms with Gasteiger partial charge in [-0.1, -0.05) is 19.6 Å². The van der Waals surface area contributed by atoms with Gasteiger partial charge < -0.3 is 19.3 Å². The van der Waals surface area contributed by atoms with Crippen LogP contribution in [-0.4, -0.2) is 41.1 Å². The van der Waals surface area contributed by atoms with Crippen molar-refractivity contribution < 1.29 is 28.9 Å². The summed E-state index contributed by atoms with van der Waals surface area (Å²) >= 11 is 0. The van der Waals surface area contributed by atoms with Crippen molar-refractivity contribution in [3.63, 3.8) is 0 Å². The molecule has 0 radical (unpaired) electrons. The molecule has 6 unspecified atom stereocenters. The van der Waals surface area contributed by atoms with E-state index < -0.39 is 35.9 Å². The first kappa shape index (κ1) is 18.9. The number of hydrogen-bond acceptors (Lipinski definition) is 6. The molecule has 0 saturated carbocycles. The van der Waals surface area contributed by atoms with Crippen molar-refractivity contribution in [3.05, 3.63) is 35.5 Å². The van der Waals surface area contributed by atoms with Crippen molar-refractivity contribution >= 4 is 11.9 Å². The number of rotatable bonds is 2. The summed E-state index contributed by atoms with van der Waals surface area (Å²) in [5.41, 5.74) is 1.70. The Balaban J connectivity index is 1.97. The van der Waals surface area contributed by atoms with E-state index in [1.165, 1.54) is 0 Å². The monoisotopic (exact) mass is 362 g/mol. The predicted molar refractivity (Wildman–Crippen MR) is 93.8 cm³/mol. The van der Waals surface area contributed by atoms with Gasteiger partial charge in [-0.3, -0.25) is 0 Å². The number of carbonyl (C=O) groups excluding carboxylic acids is 2. The summed E-state index contributed by atoms with van der Waals surface area (Å²) in [6.07, 6.45) is 2.63. The molecule has 1 N–H and O–H groups in total. The quantitative estimate of drug-likeness (QED) is 0.462. The van der Waals surface area contributed by atoms with Crippen LogP contribution in [0.2, 0.25) is 0 Å². The lowest BCUT2D eigenvalue weighted by Crippen LogP contribution is -2.40. The molecular weight excluding hydrogens is 336 g/mol. The molecule has 0 amide bonds. The molecular formula is C20H26O6. The molecule has 0 aromatic carbocycles. The largest absolute Gasteiger partial charge is 0.458 e. The molecule has 6 atom stereocenters. The highest BCUT2D eigenvalue weighted by Crippen LogP contribution is 2.44. The number of carbonyl (C=O) groups is 2. The van der Waals surface area contributed by atoms with Gasteiger partial charge in [0.1, 0.15) is 12.2 Å². The Morgan fingerprint density at radius 2 is 2.15 bits per heavy atom. The molecule has 142 valence electrons. The molecule has 6 nitrogen and oxygen atoms in total. The average Bonchev–Trinajstić information content (AvgIpc) is 3.03. The summed E-state index contributed by atoms with van der Waals surface area (Å²) in [5, 5.41) is 10.9. The second-order valence-corrected chi connectivity index (χ2v) is 7.53. The predicted octanol–water partition coefficient (Wildman–Crippen LogP) is 2.43. The first-order chi connectivity index (χ1) is 12.2. The van der Waals surface area contributed by atoms with Crippen LogP contribution >= 0.6 is 0 Å². The molecule has 0 aromatic rings. The van der Waals surface area contributed by atoms with E-state index in [0.717, 1.165) is 5.57 Å². The van der Waals surface area contributed by atoms with Gasteiger partial charge >= 0.3 is 11.9 Å². The number of aliphatic hydroxyl groups is 1. The van der Waals surface area contributed by atoms with E-state index in [1.807, 2.05) is 13.8 Å². The van der Waals surface area contributed by atoms with E-state index in [0.29, 0.717) is 24.0 Å². The Morgan fingerprint density at radius 3 is 2.81 bits per heavy atom. The third kappa shape index (κ3) is 3.12. The smallest absolute Gasteiger partial charge is 0.334 e. The van der Waals surface area contributed by atoms with Gasteiger partial charge in [0.05, 0.1) is 12.0 Å². The zero-order chi connectivity index (χ0) is 19.2. The van der Waals surface area contributed by atoms with E-state index in [4.69, 9.17) is 14.2 Å². The van der Waals surface area contributed by atoms with Gasteiger partial charge in [0.25, 0.3) is 0 Å². The number of fused-ring (bicyclic) bond motifs is 3. The fourth-order valence-electron chi connectivity index (χ4n) is 3.92. The van der Waals surface area contributed by atoms with Crippen LogP contribution in [0.4, 0.5) is 0 Å². The van der Waals surface area contributed by atoms with E-state index >= 15 is 0 Å². The lowest BCUT2D eigenvalue weighted by atomic mass is 9.81. The molecule has 2 saturated heterocycles. The van der Waals surface area contributed by atoms with E-state index in [1.54, 1.807) is 26.0 Å². The maximum absolute atomic E-state index is 12.3. The van der Waals surface area contributed by atoms with Crippen LogP contribution in [-0.2, 0) is 23.8 Å². The van der Waals surface area contributed by atoms with Gasteiger partial charge in [0.2, 0.25) is 0 Å². The maximum atomic E-state index is 12.3. The second-order valence-electron chi connectivity index (χ2n) is 7.53. The number of ether oxygens (including phenoxy) is 3. The van der Waals surface area contributed by atoms with Gasteiger partial charge in [0, 0.05) is 23.5 Å². The Morgan fingerprint density at radius 1 is 1.46 bits per heavy atom. The molecule has 0 aliphatic carbocycles. The highest BCUT2D eigenvalue weighted by Gasteiger charge is 2.52. The first-order valence-electron chi connectivity index (χ1n) is 8.99. The lowest BCUT2D eigenvalue weighted by molar-refractivity contribution is -0.208. The molecule has 26 heavy (non-hydrogen) atoms. The second kappa shape index (κ2) is 6.67. The third-order valence-corrected chi connectivity index (χ3v) is 5.75. The summed E-state index contributed by atoms with van der Waals surface area (Å²) in [4.78, 5) is 24.5. The third-order valence-electron chi connectivity index (χ3n) is 5.75. The van der Waals surface area contributed by atoms with E-state index in [2.05, 4.69) is 6.58 Å². The van der Waals surface area contributed by atoms with Crippen LogP contribution in [0.25, 0.3) is 0 Å². The number of allylic oxidation sites excluding steroid dienone is 1. The minimum atomic E-state index is -1.42. The van der Waals surface area contributed by atoms with Crippen LogP contribution in [0.5, 0.6) is 0 Å². The minimum absolute atomic E-state index is 0.310.